The molecule has 2 rings (SSSR count). The predicted molar refractivity (Wildman–Crippen MR) is 64.9 cm³/mol. The van der Waals surface area contributed by atoms with Gasteiger partial charge in [0.2, 0.25) is 0 Å². The van der Waals surface area contributed by atoms with Crippen LogP contribution in [-0.2, 0) is 0 Å². The average Bonchev–Trinajstić information content (AvgIpc) is 2.92. The summed E-state index contributed by atoms with van der Waals surface area (Å²) in [4.78, 5) is 0. The van der Waals surface area contributed by atoms with Crippen molar-refractivity contribution in [3.8, 4) is 0 Å². The monoisotopic (exact) mass is 213 g/mol. The molecule has 1 nitrogen and oxygen atoms in total. The summed E-state index contributed by atoms with van der Waals surface area (Å²) in [7, 11) is 0. The second-order valence-corrected chi connectivity index (χ2v) is 6.09. The molecule has 1 N–H and O–H groups in total. The zero-order chi connectivity index (χ0) is 9.86. The molecule has 0 aliphatic heterocycles. The molecule has 0 aromatic carbocycles. The van der Waals surface area contributed by atoms with E-state index in [4.69, 9.17) is 0 Å². The van der Waals surface area contributed by atoms with Gasteiger partial charge in [-0.15, -0.1) is 0 Å². The van der Waals surface area contributed by atoms with Crippen LogP contribution in [0.5, 0.6) is 0 Å². The van der Waals surface area contributed by atoms with Crippen molar-refractivity contribution < 1.29 is 0 Å². The van der Waals surface area contributed by atoms with Gasteiger partial charge in [0.15, 0.2) is 0 Å². The van der Waals surface area contributed by atoms with E-state index in [1.165, 1.54) is 57.2 Å². The van der Waals surface area contributed by atoms with Gasteiger partial charge >= 0.3 is 0 Å². The fraction of sp³-hybridized carbons (Fsp3) is 1.00. The largest absolute Gasteiger partial charge is 0.313 e. The normalized spacial score (nSPS) is 24.6. The first-order valence-corrected chi connectivity index (χ1v) is 7.46. The lowest BCUT2D eigenvalue weighted by molar-refractivity contribution is 0.115. The molecule has 0 aromatic rings. The molecule has 0 atom stereocenters. The number of nitrogens with one attached hydrogen (secondary N) is 1. The topological polar surface area (TPSA) is 12.0 Å². The molecule has 0 radical (unpaired) electrons. The highest BCUT2D eigenvalue weighted by Crippen LogP contribution is 2.44. The van der Waals surface area contributed by atoms with Crippen molar-refractivity contribution >= 4 is 11.8 Å². The standard InChI is InChI=1S/C12H23NS/c1-14-9-3-8-12(6-2-7-12)10-13-11-4-5-11/h11,13H,2-10H2,1H3. The smallest absolute Gasteiger partial charge is 0.00684 e. The Morgan fingerprint density at radius 1 is 1.36 bits per heavy atom. The minimum atomic E-state index is 0.721. The third kappa shape index (κ3) is 2.90. The Morgan fingerprint density at radius 2 is 2.14 bits per heavy atom. The lowest BCUT2D eigenvalue weighted by Gasteiger charge is -2.42. The van der Waals surface area contributed by atoms with Crippen molar-refractivity contribution in [3.05, 3.63) is 0 Å². The van der Waals surface area contributed by atoms with Crippen molar-refractivity contribution in [1.82, 2.24) is 5.32 Å². The molecule has 2 saturated carbocycles. The average molecular weight is 213 g/mol. The van der Waals surface area contributed by atoms with Crippen LogP contribution in [0.25, 0.3) is 0 Å². The van der Waals surface area contributed by atoms with Gasteiger partial charge in [-0.05, 0) is 55.9 Å². The number of rotatable bonds is 7. The molecule has 2 aliphatic carbocycles. The van der Waals surface area contributed by atoms with Gasteiger partial charge < -0.3 is 5.32 Å². The highest BCUT2D eigenvalue weighted by molar-refractivity contribution is 7.98. The molecule has 0 amide bonds. The summed E-state index contributed by atoms with van der Waals surface area (Å²) >= 11 is 1.99. The number of hydrogen-bond acceptors (Lipinski definition) is 2. The summed E-state index contributed by atoms with van der Waals surface area (Å²) in [6.07, 6.45) is 12.4. The third-order valence-electron chi connectivity index (χ3n) is 3.81. The summed E-state index contributed by atoms with van der Waals surface area (Å²) < 4.78 is 0. The van der Waals surface area contributed by atoms with Gasteiger partial charge in [-0.25, -0.2) is 0 Å². The van der Waals surface area contributed by atoms with Crippen LogP contribution in [0.3, 0.4) is 0 Å². The molecule has 2 aliphatic rings. The highest BCUT2D eigenvalue weighted by atomic mass is 32.2. The minimum Gasteiger partial charge on any atom is -0.313 e. The van der Waals surface area contributed by atoms with Crippen molar-refractivity contribution in [2.24, 2.45) is 5.41 Å². The van der Waals surface area contributed by atoms with Crippen molar-refractivity contribution in [3.63, 3.8) is 0 Å². The van der Waals surface area contributed by atoms with Gasteiger partial charge in [-0.2, -0.15) is 11.8 Å². The Balaban J connectivity index is 1.65. The molecule has 82 valence electrons. The Kier molecular flexibility index (Phi) is 3.78. The van der Waals surface area contributed by atoms with E-state index in [2.05, 4.69) is 11.6 Å². The van der Waals surface area contributed by atoms with Crippen LogP contribution in [-0.4, -0.2) is 24.6 Å². The Hall–Kier alpha value is 0.310. The fourth-order valence-corrected chi connectivity index (χ4v) is 2.86. The lowest BCUT2D eigenvalue weighted by atomic mass is 9.66. The molecule has 0 aromatic heterocycles. The van der Waals surface area contributed by atoms with E-state index < -0.39 is 0 Å². The van der Waals surface area contributed by atoms with E-state index in [0.29, 0.717) is 0 Å². The molecule has 14 heavy (non-hydrogen) atoms. The van der Waals surface area contributed by atoms with Crippen LogP contribution < -0.4 is 5.32 Å². The molecular weight excluding hydrogens is 190 g/mol. The van der Waals surface area contributed by atoms with Crippen LogP contribution >= 0.6 is 11.8 Å². The van der Waals surface area contributed by atoms with E-state index in [-0.39, 0.29) is 0 Å². The SMILES string of the molecule is CSCCCC1(CNC2CC2)CCC1. The molecule has 2 heteroatoms. The van der Waals surface area contributed by atoms with Crippen LogP contribution in [0.2, 0.25) is 0 Å². The maximum absolute atomic E-state index is 3.72. The molecule has 0 unspecified atom stereocenters. The highest BCUT2D eigenvalue weighted by Gasteiger charge is 2.37. The van der Waals surface area contributed by atoms with Gasteiger partial charge in [-0.1, -0.05) is 6.42 Å². The zero-order valence-corrected chi connectivity index (χ0v) is 10.2. The van der Waals surface area contributed by atoms with Gasteiger partial charge in [0.25, 0.3) is 0 Å². The summed E-state index contributed by atoms with van der Waals surface area (Å²) in [6.45, 7) is 1.31. The first kappa shape index (κ1) is 10.8. The van der Waals surface area contributed by atoms with Crippen LogP contribution in [0, 0.1) is 5.41 Å². The molecule has 0 saturated heterocycles. The third-order valence-corrected chi connectivity index (χ3v) is 4.51. The van der Waals surface area contributed by atoms with Crippen LogP contribution in [0.1, 0.15) is 44.9 Å². The molecule has 0 bridgehead atoms. The summed E-state index contributed by atoms with van der Waals surface area (Å²) in [5.74, 6) is 1.35. The van der Waals surface area contributed by atoms with Gasteiger partial charge in [0, 0.05) is 12.6 Å². The van der Waals surface area contributed by atoms with E-state index in [9.17, 15) is 0 Å². The van der Waals surface area contributed by atoms with E-state index in [1.54, 1.807) is 0 Å². The van der Waals surface area contributed by atoms with Gasteiger partial charge in [0.05, 0.1) is 0 Å². The molecule has 0 heterocycles. The predicted octanol–water partition coefficient (Wildman–Crippen LogP) is 3.05. The second-order valence-electron chi connectivity index (χ2n) is 5.11. The van der Waals surface area contributed by atoms with Crippen LogP contribution in [0.4, 0.5) is 0 Å². The molecular formula is C12H23NS. The quantitative estimate of drug-likeness (QED) is 0.652. The Bertz CT molecular complexity index is 173. The maximum Gasteiger partial charge on any atom is 0.00684 e. The minimum absolute atomic E-state index is 0.721. The maximum atomic E-state index is 3.72. The summed E-state index contributed by atoms with van der Waals surface area (Å²) in [5.41, 5.74) is 0.721. The first-order chi connectivity index (χ1) is 6.85. The summed E-state index contributed by atoms with van der Waals surface area (Å²) in [5, 5.41) is 3.72. The molecule has 2 fully saturated rings. The van der Waals surface area contributed by atoms with Gasteiger partial charge in [-0.3, -0.25) is 0 Å². The van der Waals surface area contributed by atoms with E-state index in [0.717, 1.165) is 11.5 Å². The van der Waals surface area contributed by atoms with Crippen molar-refractivity contribution in [2.45, 2.75) is 51.0 Å². The van der Waals surface area contributed by atoms with Crippen molar-refractivity contribution in [2.75, 3.05) is 18.6 Å². The first-order valence-electron chi connectivity index (χ1n) is 6.07. The van der Waals surface area contributed by atoms with E-state index in [1.807, 2.05) is 11.8 Å². The lowest BCUT2D eigenvalue weighted by Crippen LogP contribution is -2.40. The Labute approximate surface area is 92.4 Å². The van der Waals surface area contributed by atoms with Gasteiger partial charge in [0.1, 0.15) is 0 Å². The van der Waals surface area contributed by atoms with E-state index >= 15 is 0 Å². The fourth-order valence-electron chi connectivity index (χ4n) is 2.43. The number of thioether (sulfide) groups is 1. The second kappa shape index (κ2) is 4.89. The Morgan fingerprint density at radius 3 is 2.64 bits per heavy atom. The van der Waals surface area contributed by atoms with Crippen molar-refractivity contribution in [1.29, 1.82) is 0 Å². The van der Waals surface area contributed by atoms with Crippen LogP contribution in [0.15, 0.2) is 0 Å². The zero-order valence-electron chi connectivity index (χ0n) is 9.35. The summed E-state index contributed by atoms with van der Waals surface area (Å²) in [6, 6.07) is 0.896. The number of hydrogen-bond donors (Lipinski definition) is 1. The molecule has 0 spiro atoms.